The molecule has 180 valence electrons. The van der Waals surface area contributed by atoms with E-state index >= 15 is 0 Å². The number of carbonyl (C=O) groups excluding carboxylic acids is 1. The van der Waals surface area contributed by atoms with E-state index in [0.29, 0.717) is 48.9 Å². The maximum absolute atomic E-state index is 13.7. The third-order valence-corrected chi connectivity index (χ3v) is 6.64. The van der Waals surface area contributed by atoms with Crippen LogP contribution in [0.1, 0.15) is 33.4 Å². The Balaban J connectivity index is 1.52. The predicted octanol–water partition coefficient (Wildman–Crippen LogP) is 4.18. The molecule has 7 heteroatoms. The monoisotopic (exact) mass is 472 g/mol. The number of carboxylic acid groups (broad SMARTS) is 1. The number of hydrogen-bond donors (Lipinski definition) is 1. The van der Waals surface area contributed by atoms with Gasteiger partial charge in [0.05, 0.1) is 19.3 Å². The van der Waals surface area contributed by atoms with E-state index in [1.54, 1.807) is 29.2 Å². The lowest BCUT2D eigenvalue weighted by atomic mass is 9.79. The molecule has 0 unspecified atom stereocenters. The molecule has 3 aromatic carbocycles. The van der Waals surface area contributed by atoms with Crippen molar-refractivity contribution in [2.45, 2.75) is 12.0 Å². The van der Waals surface area contributed by atoms with Crippen LogP contribution in [0.2, 0.25) is 0 Å². The van der Waals surface area contributed by atoms with E-state index in [2.05, 4.69) is 4.90 Å². The van der Waals surface area contributed by atoms with Crippen LogP contribution in [0.3, 0.4) is 0 Å². The van der Waals surface area contributed by atoms with Gasteiger partial charge in [-0.2, -0.15) is 0 Å². The first kappa shape index (κ1) is 23.1. The molecular weight excluding hydrogens is 444 g/mol. The molecule has 35 heavy (non-hydrogen) atoms. The Morgan fingerprint density at radius 1 is 0.914 bits per heavy atom. The Hall–Kier alpha value is -3.68. The fraction of sp³-hybridized carbons (Fsp3) is 0.286. The number of amides is 1. The standard InChI is InChI=1S/C28H28N2O5/c31-27-24-12-5-4-11-23(24)25(28(32)33)26(30(27)14-13-29-15-17-34-18-16-29)20-7-6-10-22(19-20)35-21-8-2-1-3-9-21/h1-12,19,25-26H,13-18H2,(H,32,33)/t25-,26-/m1/s1. The molecule has 0 aromatic heterocycles. The van der Waals surface area contributed by atoms with Crippen molar-refractivity contribution in [3.8, 4) is 11.5 Å². The van der Waals surface area contributed by atoms with Gasteiger partial charge in [0.2, 0.25) is 0 Å². The molecule has 1 amide bonds. The number of carboxylic acids is 1. The summed E-state index contributed by atoms with van der Waals surface area (Å²) in [6, 6.07) is 23.2. The smallest absolute Gasteiger partial charge is 0.313 e. The topological polar surface area (TPSA) is 79.3 Å². The molecular formula is C28H28N2O5. The van der Waals surface area contributed by atoms with Crippen LogP contribution in [0.15, 0.2) is 78.9 Å². The molecule has 2 heterocycles. The largest absolute Gasteiger partial charge is 0.481 e. The zero-order valence-corrected chi connectivity index (χ0v) is 19.4. The second kappa shape index (κ2) is 10.3. The first-order valence-electron chi connectivity index (χ1n) is 11.9. The lowest BCUT2D eigenvalue weighted by molar-refractivity contribution is -0.140. The molecule has 5 rings (SSSR count). The molecule has 0 saturated carbocycles. The van der Waals surface area contributed by atoms with Gasteiger partial charge in [0, 0.05) is 31.7 Å². The molecule has 2 atom stereocenters. The highest BCUT2D eigenvalue weighted by atomic mass is 16.5. The summed E-state index contributed by atoms with van der Waals surface area (Å²) >= 11 is 0. The summed E-state index contributed by atoms with van der Waals surface area (Å²) in [5.41, 5.74) is 1.73. The van der Waals surface area contributed by atoms with Crippen molar-refractivity contribution in [3.05, 3.63) is 95.6 Å². The Morgan fingerprint density at radius 3 is 2.40 bits per heavy atom. The van der Waals surface area contributed by atoms with Crippen molar-refractivity contribution in [1.29, 1.82) is 0 Å². The van der Waals surface area contributed by atoms with Gasteiger partial charge in [-0.15, -0.1) is 0 Å². The van der Waals surface area contributed by atoms with Crippen LogP contribution in [-0.4, -0.2) is 66.2 Å². The molecule has 3 aromatic rings. The number of morpholine rings is 1. The number of nitrogens with zero attached hydrogens (tertiary/aromatic N) is 2. The highest BCUT2D eigenvalue weighted by Gasteiger charge is 2.44. The Labute approximate surface area is 204 Å². The zero-order chi connectivity index (χ0) is 24.2. The minimum absolute atomic E-state index is 0.147. The van der Waals surface area contributed by atoms with E-state index in [0.717, 1.165) is 18.7 Å². The predicted molar refractivity (Wildman–Crippen MR) is 131 cm³/mol. The maximum atomic E-state index is 13.7. The second-order valence-electron chi connectivity index (χ2n) is 8.79. The fourth-order valence-electron chi connectivity index (χ4n) is 4.94. The summed E-state index contributed by atoms with van der Waals surface area (Å²) < 4.78 is 11.5. The van der Waals surface area contributed by atoms with Crippen molar-refractivity contribution >= 4 is 11.9 Å². The third-order valence-electron chi connectivity index (χ3n) is 6.64. The van der Waals surface area contributed by atoms with Gasteiger partial charge in [-0.05, 0) is 41.5 Å². The number of fused-ring (bicyclic) bond motifs is 1. The van der Waals surface area contributed by atoms with Gasteiger partial charge in [0.1, 0.15) is 17.4 Å². The summed E-state index contributed by atoms with van der Waals surface area (Å²) in [5.74, 6) is -0.710. The molecule has 0 aliphatic carbocycles. The fourth-order valence-corrected chi connectivity index (χ4v) is 4.94. The summed E-state index contributed by atoms with van der Waals surface area (Å²) in [6.45, 7) is 4.00. The van der Waals surface area contributed by atoms with Crippen LogP contribution in [-0.2, 0) is 9.53 Å². The summed E-state index contributed by atoms with van der Waals surface area (Å²) in [5, 5.41) is 10.3. The normalized spacial score (nSPS) is 20.3. The van der Waals surface area contributed by atoms with E-state index in [9.17, 15) is 14.7 Å². The maximum Gasteiger partial charge on any atom is 0.313 e. The Morgan fingerprint density at radius 2 is 1.63 bits per heavy atom. The molecule has 7 nitrogen and oxygen atoms in total. The third kappa shape index (κ3) is 4.92. The van der Waals surface area contributed by atoms with Crippen molar-refractivity contribution in [2.75, 3.05) is 39.4 Å². The first-order valence-corrected chi connectivity index (χ1v) is 11.9. The molecule has 0 spiro atoms. The quantitative estimate of drug-likeness (QED) is 0.556. The molecule has 1 N–H and O–H groups in total. The van der Waals surface area contributed by atoms with E-state index in [1.165, 1.54) is 0 Å². The number of benzene rings is 3. The average molecular weight is 473 g/mol. The van der Waals surface area contributed by atoms with E-state index < -0.39 is 17.9 Å². The van der Waals surface area contributed by atoms with Gasteiger partial charge in [0.15, 0.2) is 0 Å². The SMILES string of the molecule is O=C(O)[C@@H]1c2ccccc2C(=O)N(CCN2CCOCC2)[C@@H]1c1cccc(Oc2ccccc2)c1. The van der Waals surface area contributed by atoms with Crippen LogP contribution in [0.4, 0.5) is 0 Å². The highest BCUT2D eigenvalue weighted by Crippen LogP contribution is 2.43. The van der Waals surface area contributed by atoms with Crippen molar-refractivity contribution in [2.24, 2.45) is 0 Å². The molecule has 1 saturated heterocycles. The van der Waals surface area contributed by atoms with Crippen LogP contribution in [0.25, 0.3) is 0 Å². The van der Waals surface area contributed by atoms with Gasteiger partial charge in [-0.1, -0.05) is 48.5 Å². The van der Waals surface area contributed by atoms with Gasteiger partial charge in [0.25, 0.3) is 5.91 Å². The molecule has 2 aliphatic rings. The lowest BCUT2D eigenvalue weighted by Gasteiger charge is -2.42. The van der Waals surface area contributed by atoms with Crippen molar-refractivity contribution in [3.63, 3.8) is 0 Å². The first-order chi connectivity index (χ1) is 17.1. The van der Waals surface area contributed by atoms with Gasteiger partial charge >= 0.3 is 5.97 Å². The van der Waals surface area contributed by atoms with E-state index in [4.69, 9.17) is 9.47 Å². The minimum Gasteiger partial charge on any atom is -0.481 e. The Bertz CT molecular complexity index is 1190. The van der Waals surface area contributed by atoms with Crippen molar-refractivity contribution < 1.29 is 24.2 Å². The van der Waals surface area contributed by atoms with E-state index in [-0.39, 0.29) is 5.91 Å². The van der Waals surface area contributed by atoms with Gasteiger partial charge < -0.3 is 19.5 Å². The molecule has 1 fully saturated rings. The van der Waals surface area contributed by atoms with Gasteiger partial charge in [-0.25, -0.2) is 0 Å². The zero-order valence-electron chi connectivity index (χ0n) is 19.4. The van der Waals surface area contributed by atoms with Crippen LogP contribution in [0.5, 0.6) is 11.5 Å². The number of para-hydroxylation sites is 1. The average Bonchev–Trinajstić information content (AvgIpc) is 2.89. The van der Waals surface area contributed by atoms with Gasteiger partial charge in [-0.3, -0.25) is 14.5 Å². The van der Waals surface area contributed by atoms with E-state index in [1.807, 2.05) is 54.6 Å². The summed E-state index contributed by atoms with van der Waals surface area (Å²) in [7, 11) is 0. The number of hydrogen-bond acceptors (Lipinski definition) is 5. The summed E-state index contributed by atoms with van der Waals surface area (Å²) in [4.78, 5) is 30.3. The second-order valence-corrected chi connectivity index (χ2v) is 8.79. The van der Waals surface area contributed by atoms with Crippen LogP contribution in [0, 0.1) is 0 Å². The highest BCUT2D eigenvalue weighted by molar-refractivity contribution is 6.00. The van der Waals surface area contributed by atoms with Crippen molar-refractivity contribution in [1.82, 2.24) is 9.80 Å². The number of carbonyl (C=O) groups is 2. The Kier molecular flexibility index (Phi) is 6.79. The number of aliphatic carboxylic acids is 1. The molecule has 2 aliphatic heterocycles. The minimum atomic E-state index is -0.958. The van der Waals surface area contributed by atoms with Crippen LogP contribution >= 0.6 is 0 Å². The molecule has 0 radical (unpaired) electrons. The molecule has 0 bridgehead atoms. The summed E-state index contributed by atoms with van der Waals surface area (Å²) in [6.07, 6.45) is 0. The number of rotatable bonds is 7. The lowest BCUT2D eigenvalue weighted by Crippen LogP contribution is -2.49. The van der Waals surface area contributed by atoms with Crippen LogP contribution < -0.4 is 4.74 Å². The number of ether oxygens (including phenoxy) is 2.